The molecule has 0 heterocycles. The van der Waals surface area contributed by atoms with Crippen LogP contribution in [0.15, 0.2) is 30.3 Å². The summed E-state index contributed by atoms with van der Waals surface area (Å²) in [7, 11) is 1.68. The molecule has 4 nitrogen and oxygen atoms in total. The van der Waals surface area contributed by atoms with Crippen LogP contribution in [-0.4, -0.2) is 39.3 Å². The smallest absolute Gasteiger partial charge is 0.230 e. The van der Waals surface area contributed by atoms with Gasteiger partial charge in [-0.1, -0.05) is 36.8 Å². The van der Waals surface area contributed by atoms with Crippen LogP contribution in [0.1, 0.15) is 24.8 Å². The van der Waals surface area contributed by atoms with E-state index in [0.717, 1.165) is 37.9 Å². The molecule has 1 aliphatic carbocycles. The topological polar surface area (TPSA) is 50.4 Å². The third-order valence-corrected chi connectivity index (χ3v) is 4.04. The first kappa shape index (κ1) is 15.0. The SMILES string of the molecule is COCCNCCNC(=O)C1(c2ccccc2)CCC1. The van der Waals surface area contributed by atoms with Crippen molar-refractivity contribution in [3.05, 3.63) is 35.9 Å². The minimum atomic E-state index is -0.284. The van der Waals surface area contributed by atoms with Crippen LogP contribution in [0.2, 0.25) is 0 Å². The van der Waals surface area contributed by atoms with Crippen LogP contribution in [0.5, 0.6) is 0 Å². The fourth-order valence-corrected chi connectivity index (χ4v) is 2.67. The van der Waals surface area contributed by atoms with Crippen LogP contribution in [0.3, 0.4) is 0 Å². The minimum Gasteiger partial charge on any atom is -0.383 e. The number of rotatable bonds is 8. The average molecular weight is 276 g/mol. The molecule has 1 amide bonds. The lowest BCUT2D eigenvalue weighted by atomic mass is 9.64. The van der Waals surface area contributed by atoms with E-state index >= 15 is 0 Å². The summed E-state index contributed by atoms with van der Waals surface area (Å²) in [5.74, 6) is 0.170. The number of amides is 1. The van der Waals surface area contributed by atoms with Crippen LogP contribution in [0, 0.1) is 0 Å². The van der Waals surface area contributed by atoms with Gasteiger partial charge in [0.05, 0.1) is 12.0 Å². The van der Waals surface area contributed by atoms with E-state index in [-0.39, 0.29) is 11.3 Å². The van der Waals surface area contributed by atoms with Crippen molar-refractivity contribution in [3.63, 3.8) is 0 Å². The lowest BCUT2D eigenvalue weighted by Gasteiger charge is -2.40. The van der Waals surface area contributed by atoms with Crippen molar-refractivity contribution < 1.29 is 9.53 Å². The summed E-state index contributed by atoms with van der Waals surface area (Å²) in [4.78, 5) is 12.5. The Balaban J connectivity index is 1.81. The number of ether oxygens (including phenoxy) is 1. The Bertz CT molecular complexity index is 416. The molecule has 0 bridgehead atoms. The molecular formula is C16H24N2O2. The molecule has 110 valence electrons. The molecule has 0 unspecified atom stereocenters. The maximum Gasteiger partial charge on any atom is 0.230 e. The van der Waals surface area contributed by atoms with Crippen LogP contribution in [-0.2, 0) is 14.9 Å². The molecule has 0 spiro atoms. The molecule has 0 aliphatic heterocycles. The van der Waals surface area contributed by atoms with Crippen molar-refractivity contribution in [2.24, 2.45) is 0 Å². The van der Waals surface area contributed by atoms with Gasteiger partial charge in [-0.15, -0.1) is 0 Å². The lowest BCUT2D eigenvalue weighted by molar-refractivity contribution is -0.129. The van der Waals surface area contributed by atoms with Gasteiger partial charge in [-0.05, 0) is 18.4 Å². The van der Waals surface area contributed by atoms with Gasteiger partial charge in [-0.2, -0.15) is 0 Å². The van der Waals surface area contributed by atoms with Gasteiger partial charge in [-0.25, -0.2) is 0 Å². The molecule has 0 saturated heterocycles. The van der Waals surface area contributed by atoms with Crippen molar-refractivity contribution in [1.29, 1.82) is 0 Å². The summed E-state index contributed by atoms with van der Waals surface area (Å²) in [5.41, 5.74) is 0.865. The molecular weight excluding hydrogens is 252 g/mol. The quantitative estimate of drug-likeness (QED) is 0.707. The van der Waals surface area contributed by atoms with Gasteiger partial charge in [0.15, 0.2) is 0 Å². The maximum absolute atomic E-state index is 12.5. The number of carbonyl (C=O) groups is 1. The Morgan fingerprint density at radius 3 is 2.55 bits per heavy atom. The van der Waals surface area contributed by atoms with E-state index in [1.807, 2.05) is 18.2 Å². The molecule has 1 fully saturated rings. The third kappa shape index (κ3) is 3.38. The molecule has 0 radical (unpaired) electrons. The summed E-state index contributed by atoms with van der Waals surface area (Å²) in [6.07, 6.45) is 3.05. The highest BCUT2D eigenvalue weighted by molar-refractivity contribution is 5.89. The second-order valence-electron chi connectivity index (χ2n) is 5.30. The van der Waals surface area contributed by atoms with Gasteiger partial charge in [-0.3, -0.25) is 4.79 Å². The largest absolute Gasteiger partial charge is 0.383 e. The van der Waals surface area contributed by atoms with Crippen LogP contribution >= 0.6 is 0 Å². The molecule has 4 heteroatoms. The van der Waals surface area contributed by atoms with Gasteiger partial charge >= 0.3 is 0 Å². The Hall–Kier alpha value is -1.39. The van der Waals surface area contributed by atoms with E-state index in [2.05, 4.69) is 22.8 Å². The minimum absolute atomic E-state index is 0.170. The highest BCUT2D eigenvalue weighted by Crippen LogP contribution is 2.43. The average Bonchev–Trinajstić information content (AvgIpc) is 2.43. The normalized spacial score (nSPS) is 16.4. The highest BCUT2D eigenvalue weighted by Gasteiger charge is 2.45. The molecule has 1 aliphatic rings. The van der Waals surface area contributed by atoms with Crippen molar-refractivity contribution >= 4 is 5.91 Å². The summed E-state index contributed by atoms with van der Waals surface area (Å²) in [6.45, 7) is 2.95. The zero-order valence-electron chi connectivity index (χ0n) is 12.2. The maximum atomic E-state index is 12.5. The molecule has 20 heavy (non-hydrogen) atoms. The Morgan fingerprint density at radius 1 is 1.20 bits per heavy atom. The second-order valence-corrected chi connectivity index (χ2v) is 5.30. The summed E-state index contributed by atoms with van der Waals surface area (Å²) < 4.78 is 4.96. The first-order chi connectivity index (χ1) is 9.79. The number of benzene rings is 1. The first-order valence-electron chi connectivity index (χ1n) is 7.33. The summed E-state index contributed by atoms with van der Waals surface area (Å²) >= 11 is 0. The van der Waals surface area contributed by atoms with Crippen molar-refractivity contribution in [3.8, 4) is 0 Å². The fourth-order valence-electron chi connectivity index (χ4n) is 2.67. The molecule has 1 aromatic rings. The molecule has 0 atom stereocenters. The van der Waals surface area contributed by atoms with Gasteiger partial charge in [0.1, 0.15) is 0 Å². The predicted octanol–water partition coefficient (Wildman–Crippen LogP) is 1.46. The van der Waals surface area contributed by atoms with E-state index in [4.69, 9.17) is 4.74 Å². The van der Waals surface area contributed by atoms with Crippen molar-refractivity contribution in [2.75, 3.05) is 33.4 Å². The Kier molecular flexibility index (Phi) is 5.56. The van der Waals surface area contributed by atoms with Crippen molar-refractivity contribution in [2.45, 2.75) is 24.7 Å². The number of nitrogens with one attached hydrogen (secondary N) is 2. The number of methoxy groups -OCH3 is 1. The Labute approximate surface area is 120 Å². The lowest BCUT2D eigenvalue weighted by Crippen LogP contribution is -2.50. The molecule has 0 aromatic heterocycles. The zero-order chi connectivity index (χ0) is 14.3. The predicted molar refractivity (Wildman–Crippen MR) is 79.7 cm³/mol. The van der Waals surface area contributed by atoms with Crippen LogP contribution in [0.4, 0.5) is 0 Å². The number of hydrogen-bond donors (Lipinski definition) is 2. The van der Waals surface area contributed by atoms with E-state index in [0.29, 0.717) is 13.2 Å². The molecule has 1 aromatic carbocycles. The van der Waals surface area contributed by atoms with Gasteiger partial charge in [0.25, 0.3) is 0 Å². The first-order valence-corrected chi connectivity index (χ1v) is 7.33. The van der Waals surface area contributed by atoms with Gasteiger partial charge < -0.3 is 15.4 Å². The summed E-state index contributed by atoms with van der Waals surface area (Å²) in [6, 6.07) is 10.1. The van der Waals surface area contributed by atoms with E-state index < -0.39 is 0 Å². The van der Waals surface area contributed by atoms with Crippen LogP contribution in [0.25, 0.3) is 0 Å². The van der Waals surface area contributed by atoms with Crippen molar-refractivity contribution in [1.82, 2.24) is 10.6 Å². The standard InChI is InChI=1S/C16H24N2O2/c1-20-13-12-17-10-11-18-15(19)16(8-5-9-16)14-6-3-2-4-7-14/h2-4,6-7,17H,5,8-13H2,1H3,(H,18,19). The fraction of sp³-hybridized carbons (Fsp3) is 0.562. The zero-order valence-corrected chi connectivity index (χ0v) is 12.2. The highest BCUT2D eigenvalue weighted by atomic mass is 16.5. The number of hydrogen-bond acceptors (Lipinski definition) is 3. The van der Waals surface area contributed by atoms with E-state index in [1.54, 1.807) is 7.11 Å². The molecule has 2 N–H and O–H groups in total. The molecule has 2 rings (SSSR count). The van der Waals surface area contributed by atoms with Gasteiger partial charge in [0, 0.05) is 26.7 Å². The van der Waals surface area contributed by atoms with E-state index in [9.17, 15) is 4.79 Å². The molecule has 1 saturated carbocycles. The van der Waals surface area contributed by atoms with E-state index in [1.165, 1.54) is 0 Å². The third-order valence-electron chi connectivity index (χ3n) is 4.04. The van der Waals surface area contributed by atoms with Gasteiger partial charge in [0.2, 0.25) is 5.91 Å². The second kappa shape index (κ2) is 7.41. The Morgan fingerprint density at radius 2 is 1.95 bits per heavy atom. The summed E-state index contributed by atoms with van der Waals surface area (Å²) in [5, 5.41) is 6.29. The monoisotopic (exact) mass is 276 g/mol. The van der Waals surface area contributed by atoms with Crippen LogP contribution < -0.4 is 10.6 Å². The number of carbonyl (C=O) groups excluding carboxylic acids is 1.